The van der Waals surface area contributed by atoms with Crippen LogP contribution in [-0.4, -0.2) is 28.8 Å². The van der Waals surface area contributed by atoms with Gasteiger partial charge in [0, 0.05) is 21.2 Å². The number of aromatic nitrogens is 3. The molecule has 5 aromatic rings. The first kappa shape index (κ1) is 23.0. The van der Waals surface area contributed by atoms with Crippen LogP contribution in [0.2, 0.25) is 0 Å². The Morgan fingerprint density at radius 3 is 2.26 bits per heavy atom. The van der Waals surface area contributed by atoms with E-state index in [0.717, 1.165) is 15.6 Å². The average Bonchev–Trinajstić information content (AvgIpc) is 2.88. The lowest BCUT2D eigenvalue weighted by atomic mass is 9.99. The first-order valence-corrected chi connectivity index (χ1v) is 11.9. The van der Waals surface area contributed by atoms with Gasteiger partial charge in [-0.15, -0.1) is 0 Å². The largest absolute Gasteiger partial charge is 0.496 e. The molecule has 0 aliphatic heterocycles. The van der Waals surface area contributed by atoms with Gasteiger partial charge >= 0.3 is 0 Å². The van der Waals surface area contributed by atoms with E-state index in [-0.39, 0.29) is 10.3 Å². The SMILES string of the molecule is COc1ccccc1-c1cc(-c2ccc(Br)cc2)nc2[nH]c(=S)n(-c3ccccc3OC)c(=O)c12. The van der Waals surface area contributed by atoms with E-state index in [1.54, 1.807) is 26.4 Å². The van der Waals surface area contributed by atoms with E-state index in [1.165, 1.54) is 4.57 Å². The van der Waals surface area contributed by atoms with Crippen molar-refractivity contribution in [3.8, 4) is 39.6 Å². The van der Waals surface area contributed by atoms with Gasteiger partial charge in [-0.1, -0.05) is 58.4 Å². The number of fused-ring (bicyclic) bond motifs is 1. The van der Waals surface area contributed by atoms with Crippen molar-refractivity contribution in [1.82, 2.24) is 14.5 Å². The molecular weight excluding hydrogens is 526 g/mol. The summed E-state index contributed by atoms with van der Waals surface area (Å²) in [5.41, 5.74) is 3.70. The number of hydrogen-bond donors (Lipinski definition) is 1. The summed E-state index contributed by atoms with van der Waals surface area (Å²) in [5.74, 6) is 1.18. The molecule has 2 aromatic heterocycles. The number of para-hydroxylation sites is 3. The zero-order valence-electron chi connectivity index (χ0n) is 18.9. The van der Waals surface area contributed by atoms with Crippen molar-refractivity contribution in [2.75, 3.05) is 14.2 Å². The van der Waals surface area contributed by atoms with Gasteiger partial charge in [-0.2, -0.15) is 0 Å². The van der Waals surface area contributed by atoms with Crippen LogP contribution in [0.1, 0.15) is 0 Å². The summed E-state index contributed by atoms with van der Waals surface area (Å²) in [6, 6.07) is 24.6. The Morgan fingerprint density at radius 2 is 1.54 bits per heavy atom. The standard InChI is InChI=1S/C27H20BrN3O3S/c1-33-22-9-5-3-7-18(22)19-15-20(16-11-13-17(28)14-12-16)29-25-24(19)26(32)31(27(35)30-25)21-8-4-6-10-23(21)34-2/h3-15H,1-2H3,(H,29,30,35). The van der Waals surface area contributed by atoms with E-state index in [4.69, 9.17) is 26.7 Å². The highest BCUT2D eigenvalue weighted by atomic mass is 79.9. The van der Waals surface area contributed by atoms with Crippen LogP contribution in [0.5, 0.6) is 11.5 Å². The Kier molecular flexibility index (Phi) is 6.23. The Labute approximate surface area is 214 Å². The smallest absolute Gasteiger partial charge is 0.269 e. The van der Waals surface area contributed by atoms with Gasteiger partial charge in [0.05, 0.1) is 31.0 Å². The number of hydrogen-bond acceptors (Lipinski definition) is 5. The minimum atomic E-state index is -0.302. The van der Waals surface area contributed by atoms with E-state index >= 15 is 0 Å². The molecule has 0 aliphatic rings. The fourth-order valence-corrected chi connectivity index (χ4v) is 4.64. The number of nitrogens with zero attached hydrogens (tertiary/aromatic N) is 2. The highest BCUT2D eigenvalue weighted by molar-refractivity contribution is 9.10. The molecule has 0 amide bonds. The van der Waals surface area contributed by atoms with Crippen molar-refractivity contribution in [2.45, 2.75) is 0 Å². The summed E-state index contributed by atoms with van der Waals surface area (Å²) >= 11 is 9.10. The van der Waals surface area contributed by atoms with Crippen LogP contribution in [0.25, 0.3) is 39.1 Å². The van der Waals surface area contributed by atoms with Crippen molar-refractivity contribution < 1.29 is 9.47 Å². The summed E-state index contributed by atoms with van der Waals surface area (Å²) in [5, 5.41) is 0.398. The van der Waals surface area contributed by atoms with Gasteiger partial charge < -0.3 is 14.5 Å². The number of methoxy groups -OCH3 is 2. The number of rotatable bonds is 5. The number of nitrogens with one attached hydrogen (secondary N) is 1. The molecule has 0 unspecified atom stereocenters. The highest BCUT2D eigenvalue weighted by Crippen LogP contribution is 2.36. The molecule has 0 radical (unpaired) electrons. The first-order valence-electron chi connectivity index (χ1n) is 10.7. The van der Waals surface area contributed by atoms with Crippen LogP contribution in [0.4, 0.5) is 0 Å². The maximum absolute atomic E-state index is 14.0. The van der Waals surface area contributed by atoms with Crippen LogP contribution < -0.4 is 15.0 Å². The molecule has 174 valence electrons. The normalized spacial score (nSPS) is 10.9. The molecule has 0 saturated carbocycles. The average molecular weight is 546 g/mol. The van der Waals surface area contributed by atoms with E-state index in [9.17, 15) is 4.79 Å². The fraction of sp³-hybridized carbons (Fsp3) is 0.0741. The summed E-state index contributed by atoms with van der Waals surface area (Å²) in [4.78, 5) is 22.0. The molecule has 6 nitrogen and oxygen atoms in total. The van der Waals surface area contributed by atoms with Crippen molar-refractivity contribution in [3.05, 3.63) is 98.5 Å². The summed E-state index contributed by atoms with van der Waals surface area (Å²) in [6.45, 7) is 0. The zero-order valence-corrected chi connectivity index (χ0v) is 21.3. The van der Waals surface area contributed by atoms with Crippen LogP contribution in [0, 0.1) is 4.77 Å². The number of aromatic amines is 1. The highest BCUT2D eigenvalue weighted by Gasteiger charge is 2.19. The molecular formula is C27H20BrN3O3S. The van der Waals surface area contributed by atoms with Crippen molar-refractivity contribution in [3.63, 3.8) is 0 Å². The molecule has 8 heteroatoms. The predicted octanol–water partition coefficient (Wildman–Crippen LogP) is 6.56. The molecule has 0 spiro atoms. The maximum Gasteiger partial charge on any atom is 0.269 e. The second kappa shape index (κ2) is 9.48. The minimum absolute atomic E-state index is 0.221. The van der Waals surface area contributed by atoms with Gasteiger partial charge in [0.15, 0.2) is 4.77 Å². The molecule has 35 heavy (non-hydrogen) atoms. The van der Waals surface area contributed by atoms with Crippen LogP contribution in [0.15, 0.2) is 88.1 Å². The summed E-state index contributed by atoms with van der Waals surface area (Å²) in [7, 11) is 3.17. The third-order valence-electron chi connectivity index (χ3n) is 5.73. The lowest BCUT2D eigenvalue weighted by Crippen LogP contribution is -2.22. The zero-order chi connectivity index (χ0) is 24.5. The van der Waals surface area contributed by atoms with E-state index < -0.39 is 0 Å². The van der Waals surface area contributed by atoms with Crippen LogP contribution in [-0.2, 0) is 0 Å². The number of ether oxygens (including phenoxy) is 2. The molecule has 3 aromatic carbocycles. The van der Waals surface area contributed by atoms with Gasteiger partial charge in [0.25, 0.3) is 5.56 Å². The molecule has 2 heterocycles. The molecule has 5 rings (SSSR count). The predicted molar refractivity (Wildman–Crippen MR) is 144 cm³/mol. The topological polar surface area (TPSA) is 69.1 Å². The second-order valence-electron chi connectivity index (χ2n) is 7.73. The molecule has 0 fully saturated rings. The molecule has 0 saturated heterocycles. The van der Waals surface area contributed by atoms with Gasteiger partial charge in [-0.3, -0.25) is 4.79 Å². The third-order valence-corrected chi connectivity index (χ3v) is 6.54. The van der Waals surface area contributed by atoms with Crippen molar-refractivity contribution in [1.29, 1.82) is 0 Å². The van der Waals surface area contributed by atoms with Gasteiger partial charge in [0.1, 0.15) is 17.1 Å². The van der Waals surface area contributed by atoms with E-state index in [0.29, 0.717) is 39.5 Å². The number of H-pyrrole nitrogens is 1. The summed E-state index contributed by atoms with van der Waals surface area (Å²) in [6.07, 6.45) is 0. The third kappa shape index (κ3) is 4.15. The Balaban J connectivity index is 1.91. The lowest BCUT2D eigenvalue weighted by molar-refractivity contribution is 0.412. The quantitative estimate of drug-likeness (QED) is 0.253. The van der Waals surface area contributed by atoms with Gasteiger partial charge in [-0.25, -0.2) is 9.55 Å². The van der Waals surface area contributed by atoms with E-state index in [2.05, 4.69) is 20.9 Å². The van der Waals surface area contributed by atoms with Crippen LogP contribution in [0.3, 0.4) is 0 Å². The van der Waals surface area contributed by atoms with Crippen LogP contribution >= 0.6 is 28.1 Å². The van der Waals surface area contributed by atoms with E-state index in [1.807, 2.05) is 66.7 Å². The molecule has 1 N–H and O–H groups in total. The monoisotopic (exact) mass is 545 g/mol. The Hall–Kier alpha value is -3.75. The Morgan fingerprint density at radius 1 is 0.886 bits per heavy atom. The minimum Gasteiger partial charge on any atom is -0.496 e. The number of halogens is 1. The van der Waals surface area contributed by atoms with Gasteiger partial charge in [-0.05, 0) is 48.6 Å². The van der Waals surface area contributed by atoms with Crippen molar-refractivity contribution >= 4 is 39.2 Å². The molecule has 0 bridgehead atoms. The maximum atomic E-state index is 14.0. The second-order valence-corrected chi connectivity index (χ2v) is 9.03. The summed E-state index contributed by atoms with van der Waals surface area (Å²) < 4.78 is 13.8. The molecule has 0 atom stereocenters. The molecule has 0 aliphatic carbocycles. The fourth-order valence-electron chi connectivity index (χ4n) is 4.09. The number of pyridine rings is 1. The first-order chi connectivity index (χ1) is 17.0. The Bertz CT molecular complexity index is 1680. The van der Waals surface area contributed by atoms with Crippen molar-refractivity contribution in [2.24, 2.45) is 0 Å². The lowest BCUT2D eigenvalue weighted by Gasteiger charge is -2.16. The number of benzene rings is 3. The van der Waals surface area contributed by atoms with Gasteiger partial charge in [0.2, 0.25) is 0 Å².